The Hall–Kier alpha value is -2.14. The summed E-state index contributed by atoms with van der Waals surface area (Å²) in [5.41, 5.74) is 2.56. The summed E-state index contributed by atoms with van der Waals surface area (Å²) in [5, 5.41) is 11.2. The largest absolute Gasteiger partial charge is 0.483 e. The summed E-state index contributed by atoms with van der Waals surface area (Å²) in [6.45, 7) is 10.6. The molecule has 0 saturated carbocycles. The van der Waals surface area contributed by atoms with Crippen LogP contribution in [0.2, 0.25) is 0 Å². The summed E-state index contributed by atoms with van der Waals surface area (Å²) in [6, 6.07) is 0.966. The predicted octanol–water partition coefficient (Wildman–Crippen LogP) is 3.08. The molecule has 0 bridgehead atoms. The van der Waals surface area contributed by atoms with Gasteiger partial charge in [-0.05, 0) is 26.2 Å². The average molecular weight is 317 g/mol. The van der Waals surface area contributed by atoms with E-state index in [1.165, 1.54) is 11.3 Å². The Balaban J connectivity index is 0.000000816. The molecule has 1 aliphatic rings. The third kappa shape index (κ3) is 5.21. The quantitative estimate of drug-likeness (QED) is 0.647. The van der Waals surface area contributed by atoms with E-state index in [0.717, 1.165) is 25.8 Å². The minimum absolute atomic E-state index is 0.250. The van der Waals surface area contributed by atoms with Gasteiger partial charge < -0.3 is 5.11 Å². The lowest BCUT2D eigenvalue weighted by molar-refractivity contribution is -0.122. The molecule has 2 rings (SSSR count). The van der Waals surface area contributed by atoms with Gasteiger partial charge in [0.25, 0.3) is 6.47 Å². The van der Waals surface area contributed by atoms with Gasteiger partial charge in [0.2, 0.25) is 0 Å². The molecule has 126 valence electrons. The molecule has 0 aromatic carbocycles. The highest BCUT2D eigenvalue weighted by Gasteiger charge is 2.26. The zero-order chi connectivity index (χ0) is 17.2. The maximum Gasteiger partial charge on any atom is 0.290 e. The summed E-state index contributed by atoms with van der Waals surface area (Å²) in [4.78, 5) is 10.9. The zero-order valence-corrected chi connectivity index (χ0v) is 14.1. The first-order valence-electron chi connectivity index (χ1n) is 7.78. The van der Waals surface area contributed by atoms with Crippen molar-refractivity contribution < 1.29 is 9.90 Å². The third-order valence-corrected chi connectivity index (χ3v) is 4.20. The standard InChI is InChI=1S/C17H25N3.CH2O2/c1-5-8-16-10-7-11-17(9-6-2)20(16)13-15-12-18-19(4)14(15)3;2-1-3/h5-7,10,12,16-17H,1-2,8-9,11,13H2,3-4H3;1H,(H,2,3)/t16-,17-;/m1./s1. The molecular weight excluding hydrogens is 290 g/mol. The van der Waals surface area contributed by atoms with Gasteiger partial charge in [0, 0.05) is 36.9 Å². The first-order valence-corrected chi connectivity index (χ1v) is 7.78. The summed E-state index contributed by atoms with van der Waals surface area (Å²) in [7, 11) is 2.00. The minimum Gasteiger partial charge on any atom is -0.483 e. The van der Waals surface area contributed by atoms with E-state index in [4.69, 9.17) is 9.90 Å². The van der Waals surface area contributed by atoms with E-state index in [0.29, 0.717) is 12.1 Å². The van der Waals surface area contributed by atoms with Crippen molar-refractivity contribution in [2.75, 3.05) is 0 Å². The maximum absolute atomic E-state index is 8.36. The van der Waals surface area contributed by atoms with Crippen molar-refractivity contribution in [3.05, 3.63) is 54.9 Å². The molecule has 0 amide bonds. The number of rotatable bonds is 6. The van der Waals surface area contributed by atoms with E-state index in [2.05, 4.69) is 42.2 Å². The van der Waals surface area contributed by atoms with Crippen LogP contribution in [-0.2, 0) is 18.4 Å². The SMILES string of the molecule is C=CC[C@@H]1CC=C[C@@H](CC=C)N1Cc1cnn(C)c1C.O=CO. The van der Waals surface area contributed by atoms with E-state index < -0.39 is 0 Å². The van der Waals surface area contributed by atoms with Crippen LogP contribution < -0.4 is 0 Å². The smallest absolute Gasteiger partial charge is 0.290 e. The summed E-state index contributed by atoms with van der Waals surface area (Å²) in [5.74, 6) is 0. The second kappa shape index (κ2) is 9.79. The monoisotopic (exact) mass is 317 g/mol. The first kappa shape index (κ1) is 18.9. The molecule has 1 aromatic rings. The first-order chi connectivity index (χ1) is 11.1. The Morgan fingerprint density at radius 1 is 1.39 bits per heavy atom. The number of carbonyl (C=O) groups is 1. The molecule has 1 aliphatic heterocycles. The molecule has 0 fully saturated rings. The Labute approximate surface area is 138 Å². The molecule has 0 saturated heterocycles. The highest BCUT2D eigenvalue weighted by Crippen LogP contribution is 2.25. The normalized spacial score (nSPS) is 20.4. The summed E-state index contributed by atoms with van der Waals surface area (Å²) >= 11 is 0. The molecule has 1 N–H and O–H groups in total. The highest BCUT2D eigenvalue weighted by atomic mass is 16.3. The predicted molar refractivity (Wildman–Crippen MR) is 93.1 cm³/mol. The van der Waals surface area contributed by atoms with Gasteiger partial charge >= 0.3 is 0 Å². The molecule has 2 atom stereocenters. The molecule has 0 radical (unpaired) electrons. The Morgan fingerprint density at radius 3 is 2.57 bits per heavy atom. The van der Waals surface area contributed by atoms with Crippen LogP contribution in [0.15, 0.2) is 43.7 Å². The lowest BCUT2D eigenvalue weighted by Crippen LogP contribution is -2.43. The van der Waals surface area contributed by atoms with Crippen LogP contribution in [0.3, 0.4) is 0 Å². The zero-order valence-electron chi connectivity index (χ0n) is 14.1. The van der Waals surface area contributed by atoms with Crippen LogP contribution in [0.1, 0.15) is 30.5 Å². The van der Waals surface area contributed by atoms with E-state index in [9.17, 15) is 0 Å². The lowest BCUT2D eigenvalue weighted by Gasteiger charge is -2.38. The van der Waals surface area contributed by atoms with Gasteiger partial charge in [-0.1, -0.05) is 24.3 Å². The van der Waals surface area contributed by atoms with E-state index in [1.807, 2.05) is 30.1 Å². The molecule has 0 unspecified atom stereocenters. The fraction of sp³-hybridized carbons (Fsp3) is 0.444. The molecule has 5 heteroatoms. The van der Waals surface area contributed by atoms with E-state index in [-0.39, 0.29) is 6.47 Å². The number of aromatic nitrogens is 2. The van der Waals surface area contributed by atoms with Crippen molar-refractivity contribution >= 4 is 6.47 Å². The Morgan fingerprint density at radius 2 is 2.04 bits per heavy atom. The highest BCUT2D eigenvalue weighted by molar-refractivity contribution is 5.32. The molecule has 1 aromatic heterocycles. The van der Waals surface area contributed by atoms with Crippen molar-refractivity contribution in [1.82, 2.24) is 14.7 Å². The van der Waals surface area contributed by atoms with Crippen molar-refractivity contribution in [3.63, 3.8) is 0 Å². The van der Waals surface area contributed by atoms with Gasteiger partial charge in [-0.25, -0.2) is 0 Å². The van der Waals surface area contributed by atoms with Crippen LogP contribution in [0.25, 0.3) is 0 Å². The molecule has 23 heavy (non-hydrogen) atoms. The van der Waals surface area contributed by atoms with Crippen LogP contribution in [0, 0.1) is 6.92 Å². The topological polar surface area (TPSA) is 58.4 Å². The van der Waals surface area contributed by atoms with Gasteiger partial charge in [-0.2, -0.15) is 5.10 Å². The minimum atomic E-state index is -0.250. The van der Waals surface area contributed by atoms with Crippen molar-refractivity contribution in [3.8, 4) is 0 Å². The van der Waals surface area contributed by atoms with Gasteiger partial charge in [0.1, 0.15) is 0 Å². The molecular formula is C18H27N3O2. The van der Waals surface area contributed by atoms with Gasteiger partial charge in [0.05, 0.1) is 6.20 Å². The van der Waals surface area contributed by atoms with Gasteiger partial charge in [0.15, 0.2) is 0 Å². The summed E-state index contributed by atoms with van der Waals surface area (Å²) < 4.78 is 1.94. The van der Waals surface area contributed by atoms with E-state index >= 15 is 0 Å². The van der Waals surface area contributed by atoms with Gasteiger partial charge in [-0.15, -0.1) is 13.2 Å². The summed E-state index contributed by atoms with van der Waals surface area (Å²) in [6.07, 6.45) is 13.7. The van der Waals surface area contributed by atoms with Gasteiger partial charge in [-0.3, -0.25) is 14.4 Å². The number of aryl methyl sites for hydroxylation is 1. The molecule has 0 aliphatic carbocycles. The molecule has 0 spiro atoms. The second-order valence-corrected chi connectivity index (χ2v) is 5.59. The van der Waals surface area contributed by atoms with Crippen LogP contribution >= 0.6 is 0 Å². The fourth-order valence-electron chi connectivity index (χ4n) is 2.86. The lowest BCUT2D eigenvalue weighted by atomic mass is 9.97. The molecule has 5 nitrogen and oxygen atoms in total. The Bertz CT molecular complexity index is 548. The van der Waals surface area contributed by atoms with Crippen molar-refractivity contribution in [2.45, 2.75) is 44.8 Å². The number of nitrogens with zero attached hydrogens (tertiary/aromatic N) is 3. The third-order valence-electron chi connectivity index (χ3n) is 4.20. The van der Waals surface area contributed by atoms with Crippen LogP contribution in [0.4, 0.5) is 0 Å². The van der Waals surface area contributed by atoms with Crippen LogP contribution in [0.5, 0.6) is 0 Å². The average Bonchev–Trinajstić information content (AvgIpc) is 2.83. The fourth-order valence-corrected chi connectivity index (χ4v) is 2.86. The van der Waals surface area contributed by atoms with E-state index in [1.54, 1.807) is 0 Å². The number of carboxylic acid groups (broad SMARTS) is 1. The Kier molecular flexibility index (Phi) is 8.05. The second-order valence-electron chi connectivity index (χ2n) is 5.59. The number of hydrogen-bond acceptors (Lipinski definition) is 3. The maximum atomic E-state index is 8.36. The van der Waals surface area contributed by atoms with Crippen molar-refractivity contribution in [1.29, 1.82) is 0 Å². The number of hydrogen-bond donors (Lipinski definition) is 1. The molecule has 2 heterocycles. The van der Waals surface area contributed by atoms with Crippen molar-refractivity contribution in [2.24, 2.45) is 7.05 Å². The van der Waals surface area contributed by atoms with Crippen LogP contribution in [-0.4, -0.2) is 38.3 Å².